The number of carbonyl (C=O) groups is 1. The van der Waals surface area contributed by atoms with Crippen molar-refractivity contribution in [3.05, 3.63) is 33.7 Å². The normalized spacial score (nSPS) is 18.8. The van der Waals surface area contributed by atoms with Crippen molar-refractivity contribution in [3.8, 4) is 0 Å². The molecule has 1 unspecified atom stereocenters. The van der Waals surface area contributed by atoms with Crippen LogP contribution in [-0.2, 0) is 4.74 Å². The van der Waals surface area contributed by atoms with E-state index in [2.05, 4.69) is 4.98 Å². The molecule has 0 bridgehead atoms. The summed E-state index contributed by atoms with van der Waals surface area (Å²) in [6, 6.07) is 3.26. The molecule has 2 heterocycles. The lowest BCUT2D eigenvalue weighted by Crippen LogP contribution is -2.45. The molecular weight excluding hydrogens is 244 g/mol. The van der Waals surface area contributed by atoms with Gasteiger partial charge in [0.15, 0.2) is 0 Å². The van der Waals surface area contributed by atoms with Gasteiger partial charge in [-0.05, 0) is 33.3 Å². The molecule has 5 nitrogen and oxygen atoms in total. The molecule has 1 aliphatic rings. The zero-order valence-corrected chi connectivity index (χ0v) is 11.6. The predicted molar refractivity (Wildman–Crippen MR) is 72.3 cm³/mol. The second-order valence-corrected chi connectivity index (χ2v) is 5.24. The van der Waals surface area contributed by atoms with Crippen LogP contribution in [-0.4, -0.2) is 41.1 Å². The maximum absolute atomic E-state index is 12.6. The third-order valence-corrected chi connectivity index (χ3v) is 3.32. The molecule has 1 amide bonds. The Balaban J connectivity index is 2.30. The monoisotopic (exact) mass is 264 g/mol. The third-order valence-electron chi connectivity index (χ3n) is 3.32. The number of amides is 1. The number of aryl methyl sites for hydroxylation is 1. The van der Waals surface area contributed by atoms with Gasteiger partial charge in [0.2, 0.25) is 5.56 Å². The van der Waals surface area contributed by atoms with E-state index >= 15 is 0 Å². The highest BCUT2D eigenvalue weighted by atomic mass is 16.5. The lowest BCUT2D eigenvalue weighted by Gasteiger charge is -2.32. The SMILES string of the molecule is Cc1cc(C(=O)N(C(C)C)C2CCOC2)cc(=O)[nH]1. The van der Waals surface area contributed by atoms with E-state index in [-0.39, 0.29) is 23.6 Å². The summed E-state index contributed by atoms with van der Waals surface area (Å²) in [5.74, 6) is -0.0975. The Kier molecular flexibility index (Phi) is 4.04. The zero-order chi connectivity index (χ0) is 14.0. The van der Waals surface area contributed by atoms with Crippen LogP contribution in [0.3, 0.4) is 0 Å². The van der Waals surface area contributed by atoms with Crippen molar-refractivity contribution in [1.29, 1.82) is 0 Å². The second-order valence-electron chi connectivity index (χ2n) is 5.24. The molecule has 2 rings (SSSR count). The van der Waals surface area contributed by atoms with E-state index < -0.39 is 0 Å². The minimum absolute atomic E-state index is 0.0822. The third kappa shape index (κ3) is 3.04. The number of carbonyl (C=O) groups excluding carboxylic acids is 1. The number of hydrogen-bond acceptors (Lipinski definition) is 3. The fourth-order valence-corrected chi connectivity index (χ4v) is 2.52. The Morgan fingerprint density at radius 2 is 2.21 bits per heavy atom. The quantitative estimate of drug-likeness (QED) is 0.895. The molecular formula is C14H20N2O3. The van der Waals surface area contributed by atoms with Gasteiger partial charge in [0.25, 0.3) is 5.91 Å². The number of nitrogens with zero attached hydrogens (tertiary/aromatic N) is 1. The number of rotatable bonds is 3. The van der Waals surface area contributed by atoms with Crippen LogP contribution in [0, 0.1) is 6.92 Å². The minimum atomic E-state index is -0.241. The van der Waals surface area contributed by atoms with E-state index in [4.69, 9.17) is 4.74 Å². The van der Waals surface area contributed by atoms with E-state index in [9.17, 15) is 9.59 Å². The zero-order valence-electron chi connectivity index (χ0n) is 11.6. The molecule has 0 aliphatic carbocycles. The minimum Gasteiger partial charge on any atom is -0.379 e. The van der Waals surface area contributed by atoms with Gasteiger partial charge in [-0.15, -0.1) is 0 Å². The molecule has 1 aliphatic heterocycles. The average Bonchev–Trinajstić information content (AvgIpc) is 2.80. The molecule has 1 atom stereocenters. The summed E-state index contributed by atoms with van der Waals surface area (Å²) in [5, 5.41) is 0. The van der Waals surface area contributed by atoms with Crippen LogP contribution in [0.15, 0.2) is 16.9 Å². The largest absolute Gasteiger partial charge is 0.379 e. The first-order chi connectivity index (χ1) is 8.99. The Bertz CT molecular complexity index is 516. The highest BCUT2D eigenvalue weighted by Crippen LogP contribution is 2.18. The van der Waals surface area contributed by atoms with Crippen molar-refractivity contribution >= 4 is 5.91 Å². The number of hydrogen-bond donors (Lipinski definition) is 1. The number of aromatic nitrogens is 1. The van der Waals surface area contributed by atoms with Crippen LogP contribution < -0.4 is 5.56 Å². The Hall–Kier alpha value is -1.62. The Labute approximate surface area is 112 Å². The average molecular weight is 264 g/mol. The van der Waals surface area contributed by atoms with Gasteiger partial charge in [-0.3, -0.25) is 9.59 Å². The standard InChI is InChI=1S/C14H20N2O3/c1-9(2)16(12-4-5-19-8-12)14(18)11-6-10(3)15-13(17)7-11/h6-7,9,12H,4-5,8H2,1-3H3,(H,15,17). The maximum Gasteiger partial charge on any atom is 0.254 e. The van der Waals surface area contributed by atoms with Gasteiger partial charge in [-0.1, -0.05) is 0 Å². The fraction of sp³-hybridized carbons (Fsp3) is 0.571. The summed E-state index contributed by atoms with van der Waals surface area (Å²) >= 11 is 0. The summed E-state index contributed by atoms with van der Waals surface area (Å²) in [5.41, 5.74) is 0.902. The summed E-state index contributed by atoms with van der Waals surface area (Å²) in [6.07, 6.45) is 0.853. The molecule has 1 aromatic heterocycles. The number of pyridine rings is 1. The molecule has 5 heteroatoms. The molecule has 1 saturated heterocycles. The first-order valence-electron chi connectivity index (χ1n) is 6.60. The number of H-pyrrole nitrogens is 1. The molecule has 0 spiro atoms. The van der Waals surface area contributed by atoms with Gasteiger partial charge < -0.3 is 14.6 Å². The van der Waals surface area contributed by atoms with Crippen molar-refractivity contribution < 1.29 is 9.53 Å². The van der Waals surface area contributed by atoms with Gasteiger partial charge in [0.05, 0.1) is 12.6 Å². The van der Waals surface area contributed by atoms with Crippen molar-refractivity contribution in [2.24, 2.45) is 0 Å². The predicted octanol–water partition coefficient (Wildman–Crippen LogP) is 1.32. The topological polar surface area (TPSA) is 62.4 Å². The van der Waals surface area contributed by atoms with Crippen LogP contribution in [0.2, 0.25) is 0 Å². The number of ether oxygens (including phenoxy) is 1. The number of aromatic amines is 1. The summed E-state index contributed by atoms with van der Waals surface area (Å²) in [6.45, 7) is 7.00. The van der Waals surface area contributed by atoms with Crippen molar-refractivity contribution in [2.75, 3.05) is 13.2 Å². The fourth-order valence-electron chi connectivity index (χ4n) is 2.52. The molecule has 1 N–H and O–H groups in total. The van der Waals surface area contributed by atoms with Gasteiger partial charge in [-0.2, -0.15) is 0 Å². The van der Waals surface area contributed by atoms with E-state index in [0.717, 1.165) is 6.42 Å². The highest BCUT2D eigenvalue weighted by molar-refractivity contribution is 5.94. The second kappa shape index (κ2) is 5.57. The van der Waals surface area contributed by atoms with Crippen molar-refractivity contribution in [2.45, 2.75) is 39.3 Å². The molecule has 1 fully saturated rings. The van der Waals surface area contributed by atoms with Crippen LogP contribution in [0.5, 0.6) is 0 Å². The number of nitrogens with one attached hydrogen (secondary N) is 1. The van der Waals surface area contributed by atoms with E-state index in [0.29, 0.717) is 24.5 Å². The van der Waals surface area contributed by atoms with Crippen LogP contribution >= 0.6 is 0 Å². The first-order valence-corrected chi connectivity index (χ1v) is 6.60. The molecule has 0 aromatic carbocycles. The first kappa shape index (κ1) is 13.8. The molecule has 104 valence electrons. The highest BCUT2D eigenvalue weighted by Gasteiger charge is 2.30. The van der Waals surface area contributed by atoms with Gasteiger partial charge in [0, 0.05) is 30.0 Å². The van der Waals surface area contributed by atoms with E-state index in [1.54, 1.807) is 13.0 Å². The molecule has 0 saturated carbocycles. The smallest absolute Gasteiger partial charge is 0.254 e. The lowest BCUT2D eigenvalue weighted by atomic mass is 10.1. The van der Waals surface area contributed by atoms with Crippen molar-refractivity contribution in [3.63, 3.8) is 0 Å². The lowest BCUT2D eigenvalue weighted by molar-refractivity contribution is 0.0581. The molecule has 19 heavy (non-hydrogen) atoms. The molecule has 0 radical (unpaired) electrons. The summed E-state index contributed by atoms with van der Waals surface area (Å²) in [7, 11) is 0. The van der Waals surface area contributed by atoms with E-state index in [1.807, 2.05) is 18.7 Å². The van der Waals surface area contributed by atoms with Crippen LogP contribution in [0.1, 0.15) is 36.3 Å². The maximum atomic E-state index is 12.6. The Morgan fingerprint density at radius 3 is 2.74 bits per heavy atom. The van der Waals surface area contributed by atoms with Crippen LogP contribution in [0.4, 0.5) is 0 Å². The Morgan fingerprint density at radius 1 is 1.47 bits per heavy atom. The van der Waals surface area contributed by atoms with Crippen molar-refractivity contribution in [1.82, 2.24) is 9.88 Å². The molecule has 1 aromatic rings. The summed E-state index contributed by atoms with van der Waals surface area (Å²) in [4.78, 5) is 28.5. The van der Waals surface area contributed by atoms with Gasteiger partial charge in [-0.25, -0.2) is 0 Å². The van der Waals surface area contributed by atoms with Gasteiger partial charge in [0.1, 0.15) is 0 Å². The van der Waals surface area contributed by atoms with E-state index in [1.165, 1.54) is 6.07 Å². The summed E-state index contributed by atoms with van der Waals surface area (Å²) < 4.78 is 5.36. The van der Waals surface area contributed by atoms with Gasteiger partial charge >= 0.3 is 0 Å². The van der Waals surface area contributed by atoms with Crippen LogP contribution in [0.25, 0.3) is 0 Å².